The number of aryl methyl sites for hydroxylation is 1. The second kappa shape index (κ2) is 21.7. The smallest absolute Gasteiger partial charge is 0.305 e. The Balaban J connectivity index is 0.00000657. The van der Waals surface area contributed by atoms with Gasteiger partial charge in [-0.2, -0.15) is 0 Å². The van der Waals surface area contributed by atoms with Crippen LogP contribution in [0.4, 0.5) is 0 Å². The summed E-state index contributed by atoms with van der Waals surface area (Å²) >= 11 is 0. The van der Waals surface area contributed by atoms with E-state index in [0.29, 0.717) is 11.3 Å². The third-order valence-corrected chi connectivity index (χ3v) is 16.5. The fourth-order valence-corrected chi connectivity index (χ4v) is 12.7. The Morgan fingerprint density at radius 3 is 1.67 bits per heavy atom. The third-order valence-electron chi connectivity index (χ3n) is 16.5. The Bertz CT molecular complexity index is 3100. The number of hydrogen-bond donors (Lipinski definition) is 0. The van der Waals surface area contributed by atoms with Gasteiger partial charge in [0, 0.05) is 24.1 Å². The Kier molecular flexibility index (Phi) is 13.5. The molecule has 3 aliphatic rings. The van der Waals surface area contributed by atoms with Crippen molar-refractivity contribution in [2.75, 3.05) is 0 Å². The van der Waals surface area contributed by atoms with E-state index in [4.69, 9.17) is 9.10 Å². The van der Waals surface area contributed by atoms with Gasteiger partial charge < -0.3 is 15.0 Å². The van der Waals surface area contributed by atoms with Crippen LogP contribution in [0.5, 0.6) is 0 Å². The fourth-order valence-electron chi connectivity index (χ4n) is 12.7. The van der Waals surface area contributed by atoms with Gasteiger partial charge in [-0.3, -0.25) is 0 Å². The van der Waals surface area contributed by atoms with Gasteiger partial charge in [-0.15, -0.1) is 106 Å². The van der Waals surface area contributed by atoms with Crippen LogP contribution in [0.15, 0.2) is 158 Å². The van der Waals surface area contributed by atoms with Crippen LogP contribution in [0, 0.1) is 25.1 Å². The van der Waals surface area contributed by atoms with Crippen LogP contribution in [0.1, 0.15) is 153 Å². The summed E-state index contributed by atoms with van der Waals surface area (Å²) in [6.07, 6.45) is 22.5. The zero-order valence-corrected chi connectivity index (χ0v) is 44.4. The standard InChI is InChI=1S/C68H68N3.Ir/c1-49-48-71-65(44-62(49)58-19-15-18-57(43-58)53-16-5-4-6-17-53)56-22-28-59(29-23-56)66(2,3)45-50-40-51(46-67(34-9-10-35-67)60-30-24-54(25-31-60)63-20-7-13-38-69-63)42-52(41-50)47-68(36-11-12-37-68)61-32-26-55(27-33-61)64-21-8-14-39-70-64;/h7-8,13-15,18-22,24,26,28-33,38-44,48,53H,4-6,9-12,16-17,34-37,45-47H2,1-3H3;/q-3;+3/i1D3,53D;. The first-order chi connectivity index (χ1) is 36.3. The molecule has 0 saturated heterocycles. The van der Waals surface area contributed by atoms with Crippen LogP contribution in [0.3, 0.4) is 0 Å². The molecule has 3 fully saturated rings. The summed E-state index contributed by atoms with van der Waals surface area (Å²) < 4.78 is 34.7. The molecule has 8 aromatic rings. The average molecular weight is 1120 g/mol. The topological polar surface area (TPSA) is 38.7 Å². The maximum absolute atomic E-state index is 9.33. The fraction of sp³-hybridized carbons (Fsp3) is 0.338. The van der Waals surface area contributed by atoms with Crippen LogP contribution >= 0.6 is 0 Å². The molecule has 0 aliphatic heterocycles. The molecule has 0 bridgehead atoms. The molecule has 0 amide bonds. The van der Waals surface area contributed by atoms with E-state index in [1.54, 1.807) is 0 Å². The zero-order valence-electron chi connectivity index (χ0n) is 46.0. The molecule has 364 valence electrons. The molecule has 5 aromatic carbocycles. The summed E-state index contributed by atoms with van der Waals surface area (Å²) in [5, 5.41) is 0. The van der Waals surface area contributed by atoms with E-state index in [1.165, 1.54) is 65.3 Å². The number of benzene rings is 5. The predicted octanol–water partition coefficient (Wildman–Crippen LogP) is 16.9. The molecule has 11 rings (SSSR count). The first-order valence-electron chi connectivity index (χ1n) is 28.4. The molecule has 3 nitrogen and oxygen atoms in total. The summed E-state index contributed by atoms with van der Waals surface area (Å²) in [5.41, 5.74) is 16.0. The molecule has 0 unspecified atom stereocenters. The van der Waals surface area contributed by atoms with Gasteiger partial charge in [-0.05, 0) is 129 Å². The van der Waals surface area contributed by atoms with Gasteiger partial charge in [0.15, 0.2) is 0 Å². The number of hydrogen-bond acceptors (Lipinski definition) is 3. The Labute approximate surface area is 449 Å². The average Bonchev–Trinajstić information content (AvgIpc) is 4.13. The van der Waals surface area contributed by atoms with Gasteiger partial charge in [0.1, 0.15) is 0 Å². The third kappa shape index (κ3) is 10.8. The van der Waals surface area contributed by atoms with Gasteiger partial charge >= 0.3 is 20.1 Å². The SMILES string of the molecule is [2H]C([2H])([2H])c1cnc(-c2[c-]cc(C(C)(C)Cc3cc(CC4(c5c[c-]c(-c6ccccn6)cc5)CCCC4)cc(CC4(c5c[c-]c(-c6ccccn6)cc5)CCCC4)c3)cc2)cc1-c1cccc(C2([2H])CCCCC2)c1.[Ir+3]. The molecule has 0 spiro atoms. The number of nitrogens with zero attached hydrogens (tertiary/aromatic N) is 3. The first-order valence-corrected chi connectivity index (χ1v) is 26.4. The summed E-state index contributed by atoms with van der Waals surface area (Å²) in [7, 11) is 0. The molecule has 4 heteroatoms. The molecule has 0 radical (unpaired) electrons. The van der Waals surface area contributed by atoms with E-state index in [9.17, 15) is 1.37 Å². The quantitative estimate of drug-likeness (QED) is 0.102. The minimum atomic E-state index is -2.35. The van der Waals surface area contributed by atoms with E-state index < -0.39 is 12.7 Å². The Morgan fingerprint density at radius 2 is 1.14 bits per heavy atom. The summed E-state index contributed by atoms with van der Waals surface area (Å²) in [5.74, 6) is -0.653. The van der Waals surface area contributed by atoms with Crippen molar-refractivity contribution in [3.8, 4) is 44.9 Å². The van der Waals surface area contributed by atoms with Crippen molar-refractivity contribution in [3.05, 3.63) is 221 Å². The van der Waals surface area contributed by atoms with Gasteiger partial charge in [0.05, 0.1) is 0 Å². The van der Waals surface area contributed by atoms with Crippen molar-refractivity contribution in [2.45, 2.75) is 146 Å². The predicted molar refractivity (Wildman–Crippen MR) is 292 cm³/mol. The molecule has 3 heterocycles. The summed E-state index contributed by atoms with van der Waals surface area (Å²) in [6, 6.07) is 60.6. The molecule has 3 aliphatic carbocycles. The van der Waals surface area contributed by atoms with Crippen molar-refractivity contribution >= 4 is 0 Å². The second-order valence-electron chi connectivity index (χ2n) is 21.8. The van der Waals surface area contributed by atoms with E-state index in [1.807, 2.05) is 67.0 Å². The van der Waals surface area contributed by atoms with Crippen molar-refractivity contribution in [2.24, 2.45) is 0 Å². The van der Waals surface area contributed by atoms with Gasteiger partial charge in [0.25, 0.3) is 0 Å². The molecule has 3 saturated carbocycles. The van der Waals surface area contributed by atoms with Crippen LogP contribution < -0.4 is 0 Å². The van der Waals surface area contributed by atoms with E-state index >= 15 is 0 Å². The van der Waals surface area contributed by atoms with Gasteiger partial charge in [-0.1, -0.05) is 157 Å². The number of rotatable bonds is 14. The Morgan fingerprint density at radius 1 is 0.569 bits per heavy atom. The maximum atomic E-state index is 9.33. The molecular weight excluding hydrogens is 1050 g/mol. The van der Waals surface area contributed by atoms with Crippen LogP contribution in [-0.2, 0) is 55.6 Å². The molecular formula is C68H68IrN3. The van der Waals surface area contributed by atoms with Crippen molar-refractivity contribution < 1.29 is 25.6 Å². The van der Waals surface area contributed by atoms with Crippen molar-refractivity contribution in [1.29, 1.82) is 0 Å². The van der Waals surface area contributed by atoms with Crippen LogP contribution in [-0.4, -0.2) is 15.0 Å². The minimum absolute atomic E-state index is 0. The summed E-state index contributed by atoms with van der Waals surface area (Å²) in [4.78, 5) is 14.0. The van der Waals surface area contributed by atoms with Crippen LogP contribution in [0.25, 0.3) is 44.9 Å². The molecule has 72 heavy (non-hydrogen) atoms. The van der Waals surface area contributed by atoms with E-state index in [0.717, 1.165) is 116 Å². The van der Waals surface area contributed by atoms with Crippen molar-refractivity contribution in [3.63, 3.8) is 0 Å². The van der Waals surface area contributed by atoms with E-state index in [-0.39, 0.29) is 41.9 Å². The monoisotopic (exact) mass is 1120 g/mol. The molecule has 3 aromatic heterocycles. The van der Waals surface area contributed by atoms with Gasteiger partial charge in [0.2, 0.25) is 0 Å². The molecule has 0 atom stereocenters. The maximum Gasteiger partial charge on any atom is 3.00 e. The largest absolute Gasteiger partial charge is 3.00 e. The van der Waals surface area contributed by atoms with Crippen molar-refractivity contribution in [1.82, 2.24) is 15.0 Å². The number of aromatic nitrogens is 3. The normalized spacial score (nSPS) is 18.0. The van der Waals surface area contributed by atoms with Crippen LogP contribution in [0.2, 0.25) is 0 Å². The minimum Gasteiger partial charge on any atom is -0.305 e. The second-order valence-corrected chi connectivity index (χ2v) is 21.8. The Hall–Kier alpha value is -5.80. The first kappa shape index (κ1) is 44.9. The van der Waals surface area contributed by atoms with E-state index in [2.05, 4.69) is 127 Å². The summed E-state index contributed by atoms with van der Waals surface area (Å²) in [6.45, 7) is 2.34. The molecule has 0 N–H and O–H groups in total. The van der Waals surface area contributed by atoms with Gasteiger partial charge in [-0.25, -0.2) is 0 Å². The zero-order chi connectivity index (χ0) is 51.7. The number of pyridine rings is 3.